The summed E-state index contributed by atoms with van der Waals surface area (Å²) in [6, 6.07) is 12.8. The number of nitrogens with one attached hydrogen (secondary N) is 2. The number of aromatic nitrogens is 1. The highest BCUT2D eigenvalue weighted by molar-refractivity contribution is 6.05. The number of aliphatic hydroxyl groups excluding tert-OH is 1. The predicted molar refractivity (Wildman–Crippen MR) is 88.5 cm³/mol. The number of para-hydroxylation sites is 1. The van der Waals surface area contributed by atoms with E-state index < -0.39 is 6.10 Å². The van der Waals surface area contributed by atoms with E-state index in [1.807, 2.05) is 12.1 Å². The van der Waals surface area contributed by atoms with Crippen LogP contribution < -0.4 is 10.1 Å². The highest BCUT2D eigenvalue weighted by Gasteiger charge is 2.13. The Labute approximate surface area is 138 Å². The van der Waals surface area contributed by atoms with E-state index in [9.17, 15) is 14.3 Å². The van der Waals surface area contributed by atoms with Gasteiger partial charge in [-0.15, -0.1) is 0 Å². The fourth-order valence-corrected chi connectivity index (χ4v) is 2.36. The average Bonchev–Trinajstić information content (AvgIpc) is 3.07. The van der Waals surface area contributed by atoms with Crippen LogP contribution in [0.15, 0.2) is 54.7 Å². The maximum absolute atomic E-state index is 12.8. The Hall–Kier alpha value is -2.86. The Morgan fingerprint density at radius 1 is 1.21 bits per heavy atom. The van der Waals surface area contributed by atoms with Crippen molar-refractivity contribution in [2.45, 2.75) is 6.10 Å². The molecule has 3 aromatic rings. The normalized spacial score (nSPS) is 12.1. The molecule has 0 bridgehead atoms. The van der Waals surface area contributed by atoms with Crippen molar-refractivity contribution in [2.75, 3.05) is 13.2 Å². The van der Waals surface area contributed by atoms with Crippen LogP contribution in [0.25, 0.3) is 10.9 Å². The number of amides is 1. The first-order valence-electron chi connectivity index (χ1n) is 7.54. The monoisotopic (exact) mass is 328 g/mol. The van der Waals surface area contributed by atoms with E-state index in [1.165, 1.54) is 24.3 Å². The molecular weight excluding hydrogens is 311 g/mol. The zero-order valence-corrected chi connectivity index (χ0v) is 12.8. The average molecular weight is 328 g/mol. The number of benzene rings is 2. The smallest absolute Gasteiger partial charge is 0.253 e. The number of carbonyl (C=O) groups is 1. The maximum atomic E-state index is 12.8. The molecule has 1 atom stereocenters. The summed E-state index contributed by atoms with van der Waals surface area (Å²) in [6.45, 7) is 0.0513. The Morgan fingerprint density at radius 3 is 2.79 bits per heavy atom. The third-order valence-electron chi connectivity index (χ3n) is 3.59. The van der Waals surface area contributed by atoms with Crippen molar-refractivity contribution >= 4 is 16.8 Å². The molecule has 1 heterocycles. The number of H-pyrrole nitrogens is 1. The van der Waals surface area contributed by atoms with Crippen LogP contribution in [-0.2, 0) is 0 Å². The summed E-state index contributed by atoms with van der Waals surface area (Å²) in [5.74, 6) is -0.171. The molecule has 0 saturated carbocycles. The van der Waals surface area contributed by atoms with Gasteiger partial charge in [0.05, 0.1) is 11.1 Å². The van der Waals surface area contributed by atoms with Gasteiger partial charge >= 0.3 is 0 Å². The zero-order valence-electron chi connectivity index (χ0n) is 12.8. The molecule has 1 aromatic heterocycles. The highest BCUT2D eigenvalue weighted by atomic mass is 19.1. The van der Waals surface area contributed by atoms with Crippen LogP contribution >= 0.6 is 0 Å². The van der Waals surface area contributed by atoms with Gasteiger partial charge in [0, 0.05) is 18.1 Å². The largest absolute Gasteiger partial charge is 0.491 e. The first-order valence-corrected chi connectivity index (χ1v) is 7.54. The minimum absolute atomic E-state index is 0.00137. The summed E-state index contributed by atoms with van der Waals surface area (Å²) in [6.07, 6.45) is 0.897. The summed E-state index contributed by atoms with van der Waals surface area (Å²) < 4.78 is 18.1. The number of hydrogen-bond acceptors (Lipinski definition) is 3. The molecule has 6 heteroatoms. The zero-order chi connectivity index (χ0) is 16.9. The van der Waals surface area contributed by atoms with Crippen molar-refractivity contribution in [3.8, 4) is 5.75 Å². The topological polar surface area (TPSA) is 74.3 Å². The summed E-state index contributed by atoms with van der Waals surface area (Å²) in [4.78, 5) is 15.3. The summed E-state index contributed by atoms with van der Waals surface area (Å²) in [5, 5.41) is 13.5. The van der Waals surface area contributed by atoms with Gasteiger partial charge in [-0.25, -0.2) is 4.39 Å². The Morgan fingerprint density at radius 2 is 2.00 bits per heavy atom. The number of hydrogen-bond donors (Lipinski definition) is 3. The lowest BCUT2D eigenvalue weighted by Crippen LogP contribution is -2.35. The Balaban J connectivity index is 1.52. The van der Waals surface area contributed by atoms with E-state index in [0.717, 1.165) is 10.9 Å². The van der Waals surface area contributed by atoms with Gasteiger partial charge in [0.25, 0.3) is 5.91 Å². The highest BCUT2D eigenvalue weighted by Crippen LogP contribution is 2.16. The lowest BCUT2D eigenvalue weighted by Gasteiger charge is -2.13. The third kappa shape index (κ3) is 3.72. The van der Waals surface area contributed by atoms with E-state index in [4.69, 9.17) is 4.74 Å². The second-order valence-corrected chi connectivity index (χ2v) is 5.38. The van der Waals surface area contributed by atoms with Crippen LogP contribution in [0, 0.1) is 5.82 Å². The summed E-state index contributed by atoms with van der Waals surface area (Å²) in [5.41, 5.74) is 1.27. The Kier molecular flexibility index (Phi) is 4.77. The molecule has 0 aliphatic carbocycles. The molecule has 2 aromatic carbocycles. The minimum Gasteiger partial charge on any atom is -0.491 e. The predicted octanol–water partition coefficient (Wildman–Crippen LogP) is 2.48. The molecule has 0 fully saturated rings. The molecule has 0 spiro atoms. The molecule has 24 heavy (non-hydrogen) atoms. The lowest BCUT2D eigenvalue weighted by atomic mass is 10.1. The molecule has 0 aliphatic heterocycles. The van der Waals surface area contributed by atoms with Gasteiger partial charge in [0.2, 0.25) is 0 Å². The fourth-order valence-electron chi connectivity index (χ4n) is 2.36. The summed E-state index contributed by atoms with van der Waals surface area (Å²) in [7, 11) is 0. The van der Waals surface area contributed by atoms with Crippen LogP contribution in [0.1, 0.15) is 10.4 Å². The van der Waals surface area contributed by atoms with Gasteiger partial charge in [-0.3, -0.25) is 4.79 Å². The van der Waals surface area contributed by atoms with Crippen LogP contribution in [0.3, 0.4) is 0 Å². The van der Waals surface area contributed by atoms with E-state index in [2.05, 4.69) is 10.3 Å². The quantitative estimate of drug-likeness (QED) is 0.651. The molecular formula is C18H17FN2O3. The molecule has 1 amide bonds. The molecule has 1 unspecified atom stereocenters. The second kappa shape index (κ2) is 7.14. The van der Waals surface area contributed by atoms with Crippen LogP contribution in [0.5, 0.6) is 5.75 Å². The first-order chi connectivity index (χ1) is 11.6. The molecule has 5 nitrogen and oxygen atoms in total. The van der Waals surface area contributed by atoms with E-state index in [-0.39, 0.29) is 24.9 Å². The Bertz CT molecular complexity index is 830. The molecule has 0 radical (unpaired) electrons. The minimum atomic E-state index is -0.873. The molecule has 124 valence electrons. The van der Waals surface area contributed by atoms with Crippen LogP contribution in [0.2, 0.25) is 0 Å². The molecule has 3 rings (SSSR count). The molecule has 0 saturated heterocycles. The van der Waals surface area contributed by atoms with E-state index >= 15 is 0 Å². The number of rotatable bonds is 6. The first kappa shape index (κ1) is 16.0. The van der Waals surface area contributed by atoms with Crippen molar-refractivity contribution in [1.82, 2.24) is 10.3 Å². The van der Waals surface area contributed by atoms with Crippen LogP contribution in [0.4, 0.5) is 4.39 Å². The number of aromatic amines is 1. The molecule has 0 aliphatic rings. The number of carbonyl (C=O) groups excluding carboxylic acids is 1. The van der Waals surface area contributed by atoms with Crippen molar-refractivity contribution in [2.24, 2.45) is 0 Å². The lowest BCUT2D eigenvalue weighted by molar-refractivity contribution is 0.0845. The van der Waals surface area contributed by atoms with Gasteiger partial charge in [0.1, 0.15) is 24.3 Å². The van der Waals surface area contributed by atoms with E-state index in [1.54, 1.807) is 18.3 Å². The third-order valence-corrected chi connectivity index (χ3v) is 3.59. The fraction of sp³-hybridized carbons (Fsp3) is 0.167. The maximum Gasteiger partial charge on any atom is 0.253 e. The number of fused-ring (bicyclic) bond motifs is 1. The van der Waals surface area contributed by atoms with Gasteiger partial charge in [0.15, 0.2) is 0 Å². The SMILES string of the molecule is O=C(NCC(O)COc1ccc(F)cc1)c1cccc2cc[nH]c12. The number of ether oxygens (including phenoxy) is 1. The second-order valence-electron chi connectivity index (χ2n) is 5.38. The number of aliphatic hydroxyl groups is 1. The van der Waals surface area contributed by atoms with Gasteiger partial charge < -0.3 is 20.1 Å². The van der Waals surface area contributed by atoms with Crippen molar-refractivity contribution in [3.63, 3.8) is 0 Å². The molecule has 3 N–H and O–H groups in total. The van der Waals surface area contributed by atoms with Crippen molar-refractivity contribution in [3.05, 3.63) is 66.1 Å². The van der Waals surface area contributed by atoms with Gasteiger partial charge in [-0.05, 0) is 36.4 Å². The van der Waals surface area contributed by atoms with Gasteiger partial charge in [-0.1, -0.05) is 12.1 Å². The summed E-state index contributed by atoms with van der Waals surface area (Å²) >= 11 is 0. The van der Waals surface area contributed by atoms with Crippen molar-refractivity contribution in [1.29, 1.82) is 0 Å². The number of halogens is 1. The van der Waals surface area contributed by atoms with Crippen molar-refractivity contribution < 1.29 is 19.0 Å². The standard InChI is InChI=1S/C18H17FN2O3/c19-13-4-6-15(7-5-13)24-11-14(22)10-21-18(23)16-3-1-2-12-8-9-20-17(12)16/h1-9,14,20,22H,10-11H2,(H,21,23). The van der Waals surface area contributed by atoms with Crippen LogP contribution in [-0.4, -0.2) is 35.3 Å². The van der Waals surface area contributed by atoms with Gasteiger partial charge in [-0.2, -0.15) is 0 Å². The van der Waals surface area contributed by atoms with E-state index in [0.29, 0.717) is 11.3 Å².